The molecular weight excluding hydrogens is 381 g/mol. The van der Waals surface area contributed by atoms with Gasteiger partial charge in [-0.2, -0.15) is 13.2 Å². The van der Waals surface area contributed by atoms with E-state index in [9.17, 15) is 18.3 Å². The molecule has 27 heavy (non-hydrogen) atoms. The predicted octanol–water partition coefficient (Wildman–Crippen LogP) is 3.18. The molecule has 2 heterocycles. The summed E-state index contributed by atoms with van der Waals surface area (Å²) >= 11 is 1.31. The minimum atomic E-state index is -4.40. The number of halogens is 3. The Bertz CT molecular complexity index is 959. The summed E-state index contributed by atoms with van der Waals surface area (Å²) in [7, 11) is 0. The first kappa shape index (κ1) is 19.3. The minimum Gasteiger partial charge on any atom is -0.484 e. The van der Waals surface area contributed by atoms with E-state index in [1.165, 1.54) is 28.7 Å². The van der Waals surface area contributed by atoms with Gasteiger partial charge in [0.2, 0.25) is 0 Å². The van der Waals surface area contributed by atoms with Gasteiger partial charge in [-0.15, -0.1) is 0 Å². The van der Waals surface area contributed by atoms with Crippen LogP contribution in [0.5, 0.6) is 5.75 Å². The molecule has 0 amide bonds. The van der Waals surface area contributed by atoms with Crippen LogP contribution in [0.3, 0.4) is 0 Å². The second kappa shape index (κ2) is 7.65. The van der Waals surface area contributed by atoms with E-state index in [1.54, 1.807) is 25.1 Å². The van der Waals surface area contributed by atoms with Crippen molar-refractivity contribution in [1.29, 1.82) is 0 Å². The third-order valence-electron chi connectivity index (χ3n) is 3.89. The molecule has 3 aromatic rings. The number of nitrogens with two attached hydrogens (primary N) is 1. The first-order valence-corrected chi connectivity index (χ1v) is 8.91. The number of thioether (sulfide) groups is 1. The van der Waals surface area contributed by atoms with E-state index in [2.05, 4.69) is 9.97 Å². The maximum Gasteiger partial charge on any atom is 0.422 e. The van der Waals surface area contributed by atoms with Crippen LogP contribution in [0, 0.1) is 6.92 Å². The van der Waals surface area contributed by atoms with Gasteiger partial charge in [-0.3, -0.25) is 4.98 Å². The zero-order valence-electron chi connectivity index (χ0n) is 14.3. The van der Waals surface area contributed by atoms with Gasteiger partial charge in [-0.25, -0.2) is 9.66 Å². The number of ether oxygens (including phenoxy) is 1. The van der Waals surface area contributed by atoms with Gasteiger partial charge in [0.25, 0.3) is 0 Å². The molecule has 0 aliphatic carbocycles. The van der Waals surface area contributed by atoms with Crippen LogP contribution in [0.1, 0.15) is 16.8 Å². The van der Waals surface area contributed by atoms with Crippen LogP contribution in [-0.2, 0) is 12.4 Å². The van der Waals surface area contributed by atoms with Gasteiger partial charge < -0.3 is 15.7 Å². The number of imidazole rings is 1. The molecule has 0 aliphatic rings. The summed E-state index contributed by atoms with van der Waals surface area (Å²) in [5.41, 5.74) is 3.21. The zero-order valence-corrected chi connectivity index (χ0v) is 15.1. The second-order valence-electron chi connectivity index (χ2n) is 5.82. The van der Waals surface area contributed by atoms with E-state index in [-0.39, 0.29) is 12.4 Å². The van der Waals surface area contributed by atoms with Crippen LogP contribution in [0.2, 0.25) is 0 Å². The van der Waals surface area contributed by atoms with Crippen LogP contribution in [0.4, 0.5) is 13.2 Å². The lowest BCUT2D eigenvalue weighted by Crippen LogP contribution is -2.19. The number of alkyl halides is 3. The number of rotatable bonds is 6. The highest BCUT2D eigenvalue weighted by Crippen LogP contribution is 2.29. The molecule has 0 radical (unpaired) electrons. The number of aliphatic hydroxyl groups excluding tert-OH is 1. The summed E-state index contributed by atoms with van der Waals surface area (Å²) in [5, 5.41) is 9.76. The fraction of sp³-hybridized carbons (Fsp3) is 0.294. The average Bonchev–Trinajstić information content (AvgIpc) is 2.94. The van der Waals surface area contributed by atoms with Crippen LogP contribution in [-0.4, -0.2) is 32.5 Å². The quantitative estimate of drug-likeness (QED) is 0.490. The van der Waals surface area contributed by atoms with Crippen LogP contribution in [0.25, 0.3) is 11.0 Å². The number of nitrogens with zero attached hydrogens (tertiary/aromatic N) is 3. The number of aromatic nitrogens is 3. The highest BCUT2D eigenvalue weighted by atomic mass is 32.2. The highest BCUT2D eigenvalue weighted by molar-refractivity contribution is 7.98. The number of hydrogen-bond donors (Lipinski definition) is 2. The molecule has 0 saturated heterocycles. The van der Waals surface area contributed by atoms with Crippen molar-refractivity contribution in [1.82, 2.24) is 14.6 Å². The number of hydrogen-bond acceptors (Lipinski definition) is 6. The van der Waals surface area contributed by atoms with Gasteiger partial charge in [0.15, 0.2) is 11.8 Å². The Kier molecular flexibility index (Phi) is 5.47. The number of pyridine rings is 1. The monoisotopic (exact) mass is 398 g/mol. The molecular formula is C17H17F3N4O2S. The standard InChI is InChI=1S/C17H17F3N4O2S/c1-10-13(22-5-4-15(10)26-9-17(18,19)20)8-27-16-23-12-3-2-11(7-25)6-14(12)24(16)21/h2-6,25H,7-9,21H2,1H3. The maximum atomic E-state index is 12.4. The summed E-state index contributed by atoms with van der Waals surface area (Å²) in [4.78, 5) is 8.65. The third kappa shape index (κ3) is 4.45. The largest absolute Gasteiger partial charge is 0.484 e. The smallest absolute Gasteiger partial charge is 0.422 e. The summed E-state index contributed by atoms with van der Waals surface area (Å²) in [5.74, 6) is 6.58. The first-order chi connectivity index (χ1) is 12.8. The Labute approximate surface area is 157 Å². The second-order valence-corrected chi connectivity index (χ2v) is 6.76. The fourth-order valence-electron chi connectivity index (χ4n) is 2.47. The van der Waals surface area contributed by atoms with Gasteiger partial charge in [-0.1, -0.05) is 17.8 Å². The summed E-state index contributed by atoms with van der Waals surface area (Å²) in [6.45, 7) is 0.210. The third-order valence-corrected chi connectivity index (χ3v) is 4.86. The van der Waals surface area contributed by atoms with Gasteiger partial charge in [-0.05, 0) is 30.7 Å². The van der Waals surface area contributed by atoms with E-state index >= 15 is 0 Å². The van der Waals surface area contributed by atoms with Gasteiger partial charge >= 0.3 is 6.18 Å². The van der Waals surface area contributed by atoms with Crippen molar-refractivity contribution in [2.24, 2.45) is 0 Å². The van der Waals surface area contributed by atoms with Crippen molar-refractivity contribution < 1.29 is 23.0 Å². The molecule has 0 unspecified atom stereocenters. The fourth-order valence-corrected chi connectivity index (χ4v) is 3.43. The molecule has 144 valence electrons. The van der Waals surface area contributed by atoms with Crippen molar-refractivity contribution in [2.75, 3.05) is 12.4 Å². The van der Waals surface area contributed by atoms with E-state index in [4.69, 9.17) is 10.6 Å². The Hall–Kier alpha value is -2.46. The predicted molar refractivity (Wildman–Crippen MR) is 95.9 cm³/mol. The lowest BCUT2D eigenvalue weighted by Gasteiger charge is -2.13. The topological polar surface area (TPSA) is 86.2 Å². The van der Waals surface area contributed by atoms with Gasteiger partial charge in [0.05, 0.1) is 23.3 Å². The van der Waals surface area contributed by atoms with Crippen molar-refractivity contribution in [3.63, 3.8) is 0 Å². The molecule has 0 atom stereocenters. The normalized spacial score (nSPS) is 11.9. The van der Waals surface area contributed by atoms with E-state index in [0.717, 1.165) is 5.56 Å². The lowest BCUT2D eigenvalue weighted by molar-refractivity contribution is -0.153. The Balaban J connectivity index is 1.77. The Morgan fingerprint density at radius 3 is 2.78 bits per heavy atom. The van der Waals surface area contributed by atoms with Crippen molar-refractivity contribution in [2.45, 2.75) is 30.6 Å². The van der Waals surface area contributed by atoms with E-state index < -0.39 is 12.8 Å². The average molecular weight is 398 g/mol. The Morgan fingerprint density at radius 2 is 2.07 bits per heavy atom. The molecule has 0 bridgehead atoms. The molecule has 0 saturated carbocycles. The number of aliphatic hydroxyl groups is 1. The Morgan fingerprint density at radius 1 is 1.30 bits per heavy atom. The van der Waals surface area contributed by atoms with Crippen LogP contribution >= 0.6 is 11.8 Å². The molecule has 10 heteroatoms. The SMILES string of the molecule is Cc1c(OCC(F)(F)F)ccnc1CSc1nc2ccc(CO)cc2n1N. The number of fused-ring (bicyclic) bond motifs is 1. The summed E-state index contributed by atoms with van der Waals surface area (Å²) in [6.07, 6.45) is -2.99. The van der Waals surface area contributed by atoms with E-state index in [0.29, 0.717) is 33.2 Å². The number of benzene rings is 1. The minimum absolute atomic E-state index is 0.0998. The van der Waals surface area contributed by atoms with Gasteiger partial charge in [0, 0.05) is 17.5 Å². The molecule has 6 nitrogen and oxygen atoms in total. The van der Waals surface area contributed by atoms with Crippen LogP contribution in [0.15, 0.2) is 35.6 Å². The first-order valence-electron chi connectivity index (χ1n) is 7.92. The summed E-state index contributed by atoms with van der Waals surface area (Å²) in [6, 6.07) is 6.69. The highest BCUT2D eigenvalue weighted by Gasteiger charge is 2.28. The zero-order chi connectivity index (χ0) is 19.6. The maximum absolute atomic E-state index is 12.4. The van der Waals surface area contributed by atoms with Crippen molar-refractivity contribution >= 4 is 22.8 Å². The lowest BCUT2D eigenvalue weighted by atomic mass is 10.2. The van der Waals surface area contributed by atoms with Crippen molar-refractivity contribution in [3.8, 4) is 5.75 Å². The molecule has 3 rings (SSSR count). The molecule has 3 N–H and O–H groups in total. The molecule has 0 spiro atoms. The molecule has 1 aromatic carbocycles. The van der Waals surface area contributed by atoms with Gasteiger partial charge in [0.1, 0.15) is 5.75 Å². The summed E-state index contributed by atoms with van der Waals surface area (Å²) < 4.78 is 43.3. The van der Waals surface area contributed by atoms with Crippen LogP contribution < -0.4 is 10.6 Å². The van der Waals surface area contributed by atoms with Crippen molar-refractivity contribution in [3.05, 3.63) is 47.3 Å². The van der Waals surface area contributed by atoms with E-state index in [1.807, 2.05) is 0 Å². The molecule has 2 aromatic heterocycles. The molecule has 0 aliphatic heterocycles. The number of nitrogen functional groups attached to an aromatic ring is 1. The molecule has 0 fully saturated rings.